The molecule has 3 aliphatic rings. The van der Waals surface area contributed by atoms with Crippen molar-refractivity contribution < 1.29 is 9.53 Å². The number of rotatable bonds is 0. The number of allylic oxidation sites excluding steroid dienone is 1. The molecule has 0 unspecified atom stereocenters. The monoisotopic (exact) mass is 233 g/mol. The minimum absolute atomic E-state index is 0.104. The summed E-state index contributed by atoms with van der Waals surface area (Å²) >= 11 is 1.15. The van der Waals surface area contributed by atoms with Crippen LogP contribution in [0.15, 0.2) is 28.3 Å². The Morgan fingerprint density at radius 3 is 3.25 bits per heavy atom. The highest BCUT2D eigenvalue weighted by Crippen LogP contribution is 2.32. The summed E-state index contributed by atoms with van der Waals surface area (Å²) in [5.41, 5.74) is 1.56. The Hall–Kier alpha value is -1.74. The van der Waals surface area contributed by atoms with E-state index in [1.54, 1.807) is 0 Å². The predicted molar refractivity (Wildman–Crippen MR) is 58.0 cm³/mol. The summed E-state index contributed by atoms with van der Waals surface area (Å²) in [5.74, 6) is 0.549. The van der Waals surface area contributed by atoms with Crippen molar-refractivity contribution in [3.63, 3.8) is 0 Å². The molecular formula is C10H7N3O2S. The Labute approximate surface area is 96.1 Å². The van der Waals surface area contributed by atoms with Crippen LogP contribution in [0.3, 0.4) is 0 Å². The van der Waals surface area contributed by atoms with Crippen LogP contribution in [0.1, 0.15) is 6.42 Å². The average Bonchev–Trinajstić information content (AvgIpc) is 2.64. The number of carbonyl (C=O) groups excluding carboxylic acids is 1. The van der Waals surface area contributed by atoms with Crippen molar-refractivity contribution >= 4 is 22.0 Å². The van der Waals surface area contributed by atoms with Crippen molar-refractivity contribution in [2.45, 2.75) is 6.42 Å². The topological polar surface area (TPSA) is 65.7 Å². The largest absolute Gasteiger partial charge is 0.446 e. The van der Waals surface area contributed by atoms with Crippen molar-refractivity contribution in [3.05, 3.63) is 23.3 Å². The van der Waals surface area contributed by atoms with E-state index in [4.69, 9.17) is 10.00 Å². The average molecular weight is 233 g/mol. The van der Waals surface area contributed by atoms with Crippen LogP contribution in [0.4, 0.5) is 0 Å². The van der Waals surface area contributed by atoms with Gasteiger partial charge in [-0.1, -0.05) is 0 Å². The molecule has 5 nitrogen and oxygen atoms in total. The number of hydrogen-bond acceptors (Lipinski definition) is 6. The third kappa shape index (κ3) is 1.41. The Balaban J connectivity index is 1.88. The summed E-state index contributed by atoms with van der Waals surface area (Å²) in [6.45, 7) is 1.03. The summed E-state index contributed by atoms with van der Waals surface area (Å²) in [5, 5.41) is 9.59. The smallest absolute Gasteiger partial charge is 0.222 e. The fraction of sp³-hybridized carbons (Fsp3) is 0.300. The number of carbonyl (C=O) groups is 1. The van der Waals surface area contributed by atoms with Gasteiger partial charge in [0.15, 0.2) is 5.17 Å². The van der Waals surface area contributed by atoms with Gasteiger partial charge in [0.25, 0.3) is 0 Å². The first-order valence-electron chi connectivity index (χ1n) is 4.78. The predicted octanol–water partition coefficient (Wildman–Crippen LogP) is 0.971. The molecule has 0 aromatic rings. The molecule has 0 aromatic carbocycles. The van der Waals surface area contributed by atoms with Gasteiger partial charge in [-0.15, -0.1) is 0 Å². The van der Waals surface area contributed by atoms with E-state index in [1.165, 1.54) is 6.26 Å². The summed E-state index contributed by atoms with van der Waals surface area (Å²) in [7, 11) is 0. The molecule has 0 aliphatic carbocycles. The van der Waals surface area contributed by atoms with E-state index >= 15 is 0 Å². The Morgan fingerprint density at radius 2 is 2.44 bits per heavy atom. The highest BCUT2D eigenvalue weighted by Gasteiger charge is 2.33. The van der Waals surface area contributed by atoms with Crippen LogP contribution in [0, 0.1) is 11.3 Å². The van der Waals surface area contributed by atoms with Gasteiger partial charge >= 0.3 is 0 Å². The van der Waals surface area contributed by atoms with Crippen LogP contribution in [-0.4, -0.2) is 28.3 Å². The normalized spacial score (nSPS) is 22.9. The molecule has 3 heterocycles. The molecule has 0 N–H and O–H groups in total. The maximum absolute atomic E-state index is 11.3. The molecule has 0 saturated carbocycles. The summed E-state index contributed by atoms with van der Waals surface area (Å²) in [6, 6.07) is 2.07. The second kappa shape index (κ2) is 3.39. The van der Waals surface area contributed by atoms with Crippen LogP contribution in [0.25, 0.3) is 0 Å². The van der Waals surface area contributed by atoms with Gasteiger partial charge in [0.2, 0.25) is 11.0 Å². The first kappa shape index (κ1) is 9.48. The molecule has 16 heavy (non-hydrogen) atoms. The standard InChI is InChI=1S/C10H7N3O2S/c11-2-6-1-7-3-13-4-8(14)16-10(13)12-9(7)15-5-6/h5H,1,3-4H2. The number of amidine groups is 1. The molecule has 1 fully saturated rings. The fourth-order valence-electron chi connectivity index (χ4n) is 1.81. The number of ether oxygens (including phenoxy) is 1. The molecule has 0 amide bonds. The van der Waals surface area contributed by atoms with E-state index in [2.05, 4.69) is 11.1 Å². The van der Waals surface area contributed by atoms with Crippen molar-refractivity contribution in [3.8, 4) is 6.07 Å². The van der Waals surface area contributed by atoms with Gasteiger partial charge in [0.1, 0.15) is 6.26 Å². The second-order valence-electron chi connectivity index (χ2n) is 3.68. The molecule has 0 aromatic heterocycles. The fourth-order valence-corrected chi connectivity index (χ4v) is 2.62. The lowest BCUT2D eigenvalue weighted by molar-refractivity contribution is -0.110. The first-order valence-corrected chi connectivity index (χ1v) is 5.60. The van der Waals surface area contributed by atoms with Gasteiger partial charge < -0.3 is 9.64 Å². The molecule has 1 saturated heterocycles. The molecule has 0 atom stereocenters. The van der Waals surface area contributed by atoms with E-state index in [0.29, 0.717) is 36.1 Å². The van der Waals surface area contributed by atoms with E-state index in [1.807, 2.05) is 4.90 Å². The van der Waals surface area contributed by atoms with E-state index in [0.717, 1.165) is 17.3 Å². The van der Waals surface area contributed by atoms with Gasteiger partial charge in [-0.3, -0.25) is 4.79 Å². The quantitative estimate of drug-likeness (QED) is 0.623. The Kier molecular flexibility index (Phi) is 2.01. The van der Waals surface area contributed by atoms with Gasteiger partial charge in [0.05, 0.1) is 18.2 Å². The molecular weight excluding hydrogens is 226 g/mol. The maximum Gasteiger partial charge on any atom is 0.222 e. The van der Waals surface area contributed by atoms with Crippen molar-refractivity contribution in [2.24, 2.45) is 4.99 Å². The Morgan fingerprint density at radius 1 is 1.56 bits per heavy atom. The molecule has 80 valence electrons. The van der Waals surface area contributed by atoms with Gasteiger partial charge in [-0.25, -0.2) is 0 Å². The van der Waals surface area contributed by atoms with E-state index < -0.39 is 0 Å². The third-order valence-electron chi connectivity index (χ3n) is 2.54. The minimum Gasteiger partial charge on any atom is -0.446 e. The lowest BCUT2D eigenvalue weighted by Gasteiger charge is -2.26. The van der Waals surface area contributed by atoms with Gasteiger partial charge in [-0.2, -0.15) is 10.3 Å². The van der Waals surface area contributed by atoms with Crippen molar-refractivity contribution in [1.82, 2.24) is 4.90 Å². The summed E-state index contributed by atoms with van der Waals surface area (Å²) in [6.07, 6.45) is 2.00. The summed E-state index contributed by atoms with van der Waals surface area (Å²) < 4.78 is 5.29. The lowest BCUT2D eigenvalue weighted by Crippen LogP contribution is -2.31. The molecule has 0 bridgehead atoms. The number of nitrogens with zero attached hydrogens (tertiary/aromatic N) is 3. The van der Waals surface area contributed by atoms with E-state index in [9.17, 15) is 4.79 Å². The zero-order chi connectivity index (χ0) is 11.1. The van der Waals surface area contributed by atoms with Crippen LogP contribution in [0.5, 0.6) is 0 Å². The van der Waals surface area contributed by atoms with Crippen molar-refractivity contribution in [2.75, 3.05) is 13.1 Å². The highest BCUT2D eigenvalue weighted by atomic mass is 32.2. The molecule has 6 heteroatoms. The molecule has 0 spiro atoms. The Bertz CT molecular complexity index is 513. The van der Waals surface area contributed by atoms with Gasteiger partial charge in [0, 0.05) is 18.5 Å². The number of aliphatic imine (C=N–C) groups is 1. The van der Waals surface area contributed by atoms with Crippen molar-refractivity contribution in [1.29, 1.82) is 5.26 Å². The van der Waals surface area contributed by atoms with E-state index in [-0.39, 0.29) is 5.12 Å². The number of hydrogen-bond donors (Lipinski definition) is 0. The number of fused-ring (bicyclic) bond motifs is 1. The minimum atomic E-state index is 0.104. The van der Waals surface area contributed by atoms with Crippen LogP contribution in [0.2, 0.25) is 0 Å². The number of thioether (sulfide) groups is 1. The molecule has 3 aliphatic heterocycles. The zero-order valence-corrected chi connectivity index (χ0v) is 9.08. The zero-order valence-electron chi connectivity index (χ0n) is 8.27. The third-order valence-corrected chi connectivity index (χ3v) is 3.43. The number of nitriles is 1. The van der Waals surface area contributed by atoms with Crippen LogP contribution < -0.4 is 0 Å². The molecule has 3 rings (SSSR count). The van der Waals surface area contributed by atoms with Crippen LogP contribution >= 0.6 is 11.8 Å². The second-order valence-corrected chi connectivity index (χ2v) is 4.71. The SMILES string of the molecule is N#CC1=COC2=C(C1)CN1CC(=O)SC1=N2. The van der Waals surface area contributed by atoms with Gasteiger partial charge in [-0.05, 0) is 11.8 Å². The highest BCUT2D eigenvalue weighted by molar-refractivity contribution is 8.26. The summed E-state index contributed by atoms with van der Waals surface area (Å²) in [4.78, 5) is 17.4. The maximum atomic E-state index is 11.3. The lowest BCUT2D eigenvalue weighted by atomic mass is 10.1. The van der Waals surface area contributed by atoms with Crippen LogP contribution in [-0.2, 0) is 9.53 Å². The molecule has 0 radical (unpaired) electrons. The first-order chi connectivity index (χ1) is 7.76.